The van der Waals surface area contributed by atoms with Crippen LogP contribution < -0.4 is 0 Å². The Hall–Kier alpha value is -1.62. The van der Waals surface area contributed by atoms with Crippen molar-refractivity contribution in [3.05, 3.63) is 30.1 Å². The molecule has 0 aromatic carbocycles. The molecule has 23 heavy (non-hydrogen) atoms. The zero-order valence-corrected chi connectivity index (χ0v) is 14.8. The van der Waals surface area contributed by atoms with Crippen LogP contribution in [0.1, 0.15) is 45.6 Å². The van der Waals surface area contributed by atoms with Gasteiger partial charge in [-0.2, -0.15) is 0 Å². The molecule has 1 aromatic rings. The summed E-state index contributed by atoms with van der Waals surface area (Å²) in [6, 6.07) is 4.29. The molecular weight excluding hydrogens is 290 g/mol. The molecule has 0 N–H and O–H groups in total. The zero-order valence-electron chi connectivity index (χ0n) is 14.8. The minimum Gasteiger partial charge on any atom is -0.444 e. The van der Waals surface area contributed by atoms with Gasteiger partial charge in [0.05, 0.1) is 0 Å². The van der Waals surface area contributed by atoms with Gasteiger partial charge >= 0.3 is 6.09 Å². The van der Waals surface area contributed by atoms with Crippen LogP contribution in [0, 0.1) is 0 Å². The fourth-order valence-electron chi connectivity index (χ4n) is 2.98. The van der Waals surface area contributed by atoms with Gasteiger partial charge in [0.15, 0.2) is 0 Å². The van der Waals surface area contributed by atoms with Gasteiger partial charge < -0.3 is 14.5 Å². The highest BCUT2D eigenvalue weighted by Crippen LogP contribution is 2.21. The molecule has 128 valence electrons. The van der Waals surface area contributed by atoms with Crippen molar-refractivity contribution in [2.24, 2.45) is 0 Å². The average molecular weight is 319 g/mol. The molecule has 1 amide bonds. The van der Waals surface area contributed by atoms with E-state index in [1.165, 1.54) is 12.0 Å². The van der Waals surface area contributed by atoms with Gasteiger partial charge in [0.1, 0.15) is 5.60 Å². The van der Waals surface area contributed by atoms with Gasteiger partial charge in [-0.05, 0) is 64.8 Å². The molecule has 1 fully saturated rings. The van der Waals surface area contributed by atoms with E-state index in [0.717, 1.165) is 32.5 Å². The Morgan fingerprint density at radius 3 is 2.70 bits per heavy atom. The number of amides is 1. The molecule has 1 aliphatic rings. The Balaban J connectivity index is 1.94. The van der Waals surface area contributed by atoms with Crippen LogP contribution in [-0.4, -0.2) is 52.7 Å². The molecule has 1 aromatic heterocycles. The summed E-state index contributed by atoms with van der Waals surface area (Å²) in [5.74, 6) is 0. The molecule has 0 aliphatic carbocycles. The zero-order chi connectivity index (χ0) is 16.9. The number of pyridine rings is 1. The van der Waals surface area contributed by atoms with Gasteiger partial charge in [0.2, 0.25) is 0 Å². The molecule has 2 heterocycles. The molecule has 1 aliphatic heterocycles. The molecule has 0 radical (unpaired) electrons. The first-order valence-electron chi connectivity index (χ1n) is 8.42. The van der Waals surface area contributed by atoms with Gasteiger partial charge in [0.25, 0.3) is 0 Å². The van der Waals surface area contributed by atoms with Gasteiger partial charge in [-0.15, -0.1) is 0 Å². The molecule has 0 spiro atoms. The second-order valence-electron chi connectivity index (χ2n) is 7.38. The summed E-state index contributed by atoms with van der Waals surface area (Å²) in [5, 5.41) is 0. The highest BCUT2D eigenvalue weighted by atomic mass is 16.6. The first-order valence-corrected chi connectivity index (χ1v) is 8.42. The van der Waals surface area contributed by atoms with Crippen LogP contribution in [0.25, 0.3) is 0 Å². The lowest BCUT2D eigenvalue weighted by molar-refractivity contribution is 0.00587. The highest BCUT2D eigenvalue weighted by Gasteiger charge is 2.30. The molecule has 2 rings (SSSR count). The first kappa shape index (κ1) is 17.7. The predicted molar refractivity (Wildman–Crippen MR) is 91.2 cm³/mol. The second-order valence-corrected chi connectivity index (χ2v) is 7.38. The van der Waals surface area contributed by atoms with E-state index in [-0.39, 0.29) is 12.1 Å². The SMILES string of the molecule is CN(Cc1ccncc1)C[C@H]1CCCCN1C(=O)OC(C)(C)C. The van der Waals surface area contributed by atoms with Crippen molar-refractivity contribution in [2.45, 2.75) is 58.2 Å². The van der Waals surface area contributed by atoms with E-state index in [2.05, 4.69) is 16.9 Å². The van der Waals surface area contributed by atoms with Crippen LogP contribution in [0.2, 0.25) is 0 Å². The van der Waals surface area contributed by atoms with Crippen LogP contribution in [0.5, 0.6) is 0 Å². The number of hydrogen-bond donors (Lipinski definition) is 0. The maximum atomic E-state index is 12.4. The number of aromatic nitrogens is 1. The summed E-state index contributed by atoms with van der Waals surface area (Å²) in [4.78, 5) is 20.7. The molecule has 1 atom stereocenters. The third-order valence-electron chi connectivity index (χ3n) is 3.98. The molecule has 5 nitrogen and oxygen atoms in total. The Kier molecular flexibility index (Phi) is 5.99. The van der Waals surface area contributed by atoms with Crippen molar-refractivity contribution < 1.29 is 9.53 Å². The van der Waals surface area contributed by atoms with E-state index >= 15 is 0 Å². The van der Waals surface area contributed by atoms with Crippen molar-refractivity contribution in [1.82, 2.24) is 14.8 Å². The van der Waals surface area contributed by atoms with Crippen LogP contribution in [-0.2, 0) is 11.3 Å². The normalized spacial score (nSPS) is 19.0. The van der Waals surface area contributed by atoms with Gasteiger partial charge in [0, 0.05) is 38.1 Å². The van der Waals surface area contributed by atoms with E-state index in [9.17, 15) is 4.79 Å². The third kappa shape index (κ3) is 5.82. The number of carbonyl (C=O) groups is 1. The number of rotatable bonds is 4. The van der Waals surface area contributed by atoms with Crippen molar-refractivity contribution in [2.75, 3.05) is 20.1 Å². The average Bonchev–Trinajstić information content (AvgIpc) is 2.47. The van der Waals surface area contributed by atoms with E-state index in [0.29, 0.717) is 0 Å². The molecule has 1 saturated heterocycles. The van der Waals surface area contributed by atoms with Crippen LogP contribution >= 0.6 is 0 Å². The fraction of sp³-hybridized carbons (Fsp3) is 0.667. The number of ether oxygens (including phenoxy) is 1. The lowest BCUT2D eigenvalue weighted by atomic mass is 10.0. The fourth-order valence-corrected chi connectivity index (χ4v) is 2.98. The number of nitrogens with zero attached hydrogens (tertiary/aromatic N) is 3. The lowest BCUT2D eigenvalue weighted by Crippen LogP contribution is -2.50. The molecule has 0 bridgehead atoms. The molecule has 5 heteroatoms. The minimum absolute atomic E-state index is 0.181. The maximum Gasteiger partial charge on any atom is 0.410 e. The summed E-state index contributed by atoms with van der Waals surface area (Å²) in [7, 11) is 2.10. The Labute approximate surface area is 139 Å². The van der Waals surface area contributed by atoms with Gasteiger partial charge in [-0.1, -0.05) is 0 Å². The Morgan fingerprint density at radius 1 is 1.35 bits per heavy atom. The van der Waals surface area contributed by atoms with Crippen molar-refractivity contribution >= 4 is 6.09 Å². The number of piperidine rings is 1. The topological polar surface area (TPSA) is 45.7 Å². The van der Waals surface area contributed by atoms with Crippen molar-refractivity contribution in [1.29, 1.82) is 0 Å². The molecular formula is C18H29N3O2. The smallest absolute Gasteiger partial charge is 0.410 e. The largest absolute Gasteiger partial charge is 0.444 e. The van der Waals surface area contributed by atoms with Crippen LogP contribution in [0.3, 0.4) is 0 Å². The number of carbonyl (C=O) groups excluding carboxylic acids is 1. The molecule has 0 unspecified atom stereocenters. The van der Waals surface area contributed by atoms with Crippen molar-refractivity contribution in [3.8, 4) is 0 Å². The lowest BCUT2D eigenvalue weighted by Gasteiger charge is -2.38. The number of likely N-dealkylation sites (N-methyl/N-ethyl adjacent to an activating group) is 1. The van der Waals surface area contributed by atoms with Gasteiger partial charge in [-0.3, -0.25) is 4.98 Å². The summed E-state index contributed by atoms with van der Waals surface area (Å²) in [5.41, 5.74) is 0.796. The van der Waals surface area contributed by atoms with Crippen LogP contribution in [0.15, 0.2) is 24.5 Å². The van der Waals surface area contributed by atoms with Crippen molar-refractivity contribution in [3.63, 3.8) is 0 Å². The van der Waals surface area contributed by atoms with E-state index in [1.807, 2.05) is 50.2 Å². The van der Waals surface area contributed by atoms with Gasteiger partial charge in [-0.25, -0.2) is 4.79 Å². The summed E-state index contributed by atoms with van der Waals surface area (Å²) >= 11 is 0. The predicted octanol–water partition coefficient (Wildman–Crippen LogP) is 3.30. The minimum atomic E-state index is -0.442. The standard InChI is InChI=1S/C18H29N3O2/c1-18(2,3)23-17(22)21-12-6-5-7-16(21)14-20(4)13-15-8-10-19-11-9-15/h8-11,16H,5-7,12-14H2,1-4H3/t16-/m1/s1. The summed E-state index contributed by atoms with van der Waals surface area (Å²) < 4.78 is 5.57. The number of likely N-dealkylation sites (tertiary alicyclic amines) is 1. The van der Waals surface area contributed by atoms with Crippen LogP contribution in [0.4, 0.5) is 4.79 Å². The van der Waals surface area contributed by atoms with E-state index in [4.69, 9.17) is 4.74 Å². The van der Waals surface area contributed by atoms with E-state index < -0.39 is 5.60 Å². The van der Waals surface area contributed by atoms with E-state index in [1.54, 1.807) is 0 Å². The summed E-state index contributed by atoms with van der Waals surface area (Å²) in [6.07, 6.45) is 6.73. The quantitative estimate of drug-likeness (QED) is 0.854. The first-order chi connectivity index (χ1) is 10.8. The summed E-state index contributed by atoms with van der Waals surface area (Å²) in [6.45, 7) is 8.27. The Bertz CT molecular complexity index is 499. The third-order valence-corrected chi connectivity index (χ3v) is 3.98. The maximum absolute atomic E-state index is 12.4. The second kappa shape index (κ2) is 7.77. The highest BCUT2D eigenvalue weighted by molar-refractivity contribution is 5.68. The number of hydrogen-bond acceptors (Lipinski definition) is 4. The monoisotopic (exact) mass is 319 g/mol. The Morgan fingerprint density at radius 2 is 2.04 bits per heavy atom. The molecule has 0 saturated carbocycles.